The molecule has 0 unspecified atom stereocenters. The van der Waals surface area contributed by atoms with Crippen molar-refractivity contribution in [1.82, 2.24) is 29.9 Å². The van der Waals surface area contributed by atoms with Crippen LogP contribution in [0.15, 0.2) is 23.3 Å². The van der Waals surface area contributed by atoms with Gasteiger partial charge in [0.25, 0.3) is 11.5 Å². The number of rotatable bonds is 4. The first kappa shape index (κ1) is 14.9. The van der Waals surface area contributed by atoms with Crippen LogP contribution in [0.25, 0.3) is 0 Å². The quantitative estimate of drug-likeness (QED) is 0.857. The monoisotopic (exact) mass is 290 g/mol. The molecule has 0 fully saturated rings. The number of nitrogens with zero attached hydrogens (tertiary/aromatic N) is 5. The molecule has 8 nitrogen and oxygen atoms in total. The SMILES string of the molecule is CC(C)[C@@H](NC(=O)c1ccc(=O)n(C)n1)c1ncnn1C. The summed E-state index contributed by atoms with van der Waals surface area (Å²) in [6.45, 7) is 3.96. The van der Waals surface area contributed by atoms with Crippen LogP contribution in [0.5, 0.6) is 0 Å². The summed E-state index contributed by atoms with van der Waals surface area (Å²) >= 11 is 0. The standard InChI is InChI=1S/C13H18N6O2/c1-8(2)11(12-14-7-15-19(12)4)16-13(21)9-5-6-10(20)18(3)17-9/h5-8,11H,1-4H3,(H,16,21)/t11-/m1/s1. The Morgan fingerprint density at radius 1 is 1.24 bits per heavy atom. The van der Waals surface area contributed by atoms with Crippen molar-refractivity contribution in [3.63, 3.8) is 0 Å². The van der Waals surface area contributed by atoms with Crippen molar-refractivity contribution < 1.29 is 4.79 Å². The lowest BCUT2D eigenvalue weighted by Gasteiger charge is -2.21. The molecule has 0 aliphatic carbocycles. The van der Waals surface area contributed by atoms with Crippen LogP contribution in [-0.4, -0.2) is 30.5 Å². The van der Waals surface area contributed by atoms with E-state index < -0.39 is 0 Å². The summed E-state index contributed by atoms with van der Waals surface area (Å²) in [6.07, 6.45) is 1.45. The number of amides is 1. The molecular weight excluding hydrogens is 272 g/mol. The highest BCUT2D eigenvalue weighted by molar-refractivity contribution is 5.92. The minimum absolute atomic E-state index is 0.129. The Morgan fingerprint density at radius 3 is 2.48 bits per heavy atom. The maximum atomic E-state index is 12.3. The lowest BCUT2D eigenvalue weighted by molar-refractivity contribution is 0.0914. The van der Waals surface area contributed by atoms with E-state index in [0.717, 1.165) is 4.68 Å². The summed E-state index contributed by atoms with van der Waals surface area (Å²) in [4.78, 5) is 27.8. The van der Waals surface area contributed by atoms with Gasteiger partial charge in [-0.3, -0.25) is 14.3 Å². The number of carbonyl (C=O) groups is 1. The summed E-state index contributed by atoms with van der Waals surface area (Å²) in [6, 6.07) is 2.43. The number of nitrogens with one attached hydrogen (secondary N) is 1. The van der Waals surface area contributed by atoms with Gasteiger partial charge in [-0.15, -0.1) is 0 Å². The molecule has 0 aliphatic heterocycles. The molecule has 112 valence electrons. The topological polar surface area (TPSA) is 94.7 Å². The van der Waals surface area contributed by atoms with Crippen LogP contribution in [0.4, 0.5) is 0 Å². The first-order valence-corrected chi connectivity index (χ1v) is 6.59. The Labute approximate surface area is 121 Å². The van der Waals surface area contributed by atoms with Crippen molar-refractivity contribution in [2.24, 2.45) is 20.0 Å². The number of aromatic nitrogens is 5. The van der Waals surface area contributed by atoms with Crippen molar-refractivity contribution in [2.75, 3.05) is 0 Å². The Balaban J connectivity index is 2.25. The summed E-state index contributed by atoms with van der Waals surface area (Å²) in [5.74, 6) is 0.444. The highest BCUT2D eigenvalue weighted by Crippen LogP contribution is 2.19. The van der Waals surface area contributed by atoms with Crippen molar-refractivity contribution in [3.8, 4) is 0 Å². The van der Waals surface area contributed by atoms with Crippen LogP contribution in [0.2, 0.25) is 0 Å². The van der Waals surface area contributed by atoms with Crippen molar-refractivity contribution in [1.29, 1.82) is 0 Å². The number of hydrogen-bond acceptors (Lipinski definition) is 5. The second kappa shape index (κ2) is 5.86. The molecule has 0 bridgehead atoms. The van der Waals surface area contributed by atoms with Gasteiger partial charge in [0.05, 0.1) is 6.04 Å². The Morgan fingerprint density at radius 2 is 1.95 bits per heavy atom. The van der Waals surface area contributed by atoms with Gasteiger partial charge in [-0.1, -0.05) is 13.8 Å². The first-order valence-electron chi connectivity index (χ1n) is 6.59. The van der Waals surface area contributed by atoms with Gasteiger partial charge in [0.15, 0.2) is 0 Å². The predicted molar refractivity (Wildman–Crippen MR) is 75.5 cm³/mol. The van der Waals surface area contributed by atoms with Gasteiger partial charge in [0, 0.05) is 20.2 Å². The molecular formula is C13H18N6O2. The zero-order valence-corrected chi connectivity index (χ0v) is 12.4. The van der Waals surface area contributed by atoms with Crippen LogP contribution < -0.4 is 10.9 Å². The molecule has 2 aromatic heterocycles. The van der Waals surface area contributed by atoms with Gasteiger partial charge >= 0.3 is 0 Å². The molecule has 0 saturated heterocycles. The Kier molecular flexibility index (Phi) is 4.15. The van der Waals surface area contributed by atoms with Crippen LogP contribution in [0, 0.1) is 5.92 Å². The molecule has 2 aromatic rings. The van der Waals surface area contributed by atoms with Gasteiger partial charge < -0.3 is 5.32 Å². The number of hydrogen-bond donors (Lipinski definition) is 1. The fourth-order valence-electron chi connectivity index (χ4n) is 1.95. The Hall–Kier alpha value is -2.51. The van der Waals surface area contributed by atoms with Crippen LogP contribution in [-0.2, 0) is 14.1 Å². The van der Waals surface area contributed by atoms with E-state index in [1.54, 1.807) is 11.7 Å². The molecule has 0 saturated carbocycles. The third-order valence-electron chi connectivity index (χ3n) is 3.17. The maximum Gasteiger partial charge on any atom is 0.272 e. The molecule has 0 spiro atoms. The van der Waals surface area contributed by atoms with E-state index in [2.05, 4.69) is 20.5 Å². The van der Waals surface area contributed by atoms with E-state index in [4.69, 9.17) is 0 Å². The van der Waals surface area contributed by atoms with E-state index in [1.165, 1.54) is 25.5 Å². The lowest BCUT2D eigenvalue weighted by Crippen LogP contribution is -2.35. The first-order chi connectivity index (χ1) is 9.90. The average Bonchev–Trinajstić information content (AvgIpc) is 2.84. The average molecular weight is 290 g/mol. The third-order valence-corrected chi connectivity index (χ3v) is 3.17. The zero-order chi connectivity index (χ0) is 15.6. The van der Waals surface area contributed by atoms with Gasteiger partial charge in [-0.25, -0.2) is 9.67 Å². The van der Waals surface area contributed by atoms with Gasteiger partial charge in [0.2, 0.25) is 0 Å². The molecule has 1 N–H and O–H groups in total. The van der Waals surface area contributed by atoms with Crippen LogP contribution in [0.1, 0.15) is 36.2 Å². The number of aryl methyl sites for hydroxylation is 2. The smallest absolute Gasteiger partial charge is 0.272 e. The third kappa shape index (κ3) is 3.15. The fraction of sp³-hybridized carbons (Fsp3) is 0.462. The molecule has 2 heterocycles. The van der Waals surface area contributed by atoms with E-state index in [9.17, 15) is 9.59 Å². The highest BCUT2D eigenvalue weighted by atomic mass is 16.2. The van der Waals surface area contributed by atoms with E-state index in [1.807, 2.05) is 13.8 Å². The van der Waals surface area contributed by atoms with E-state index in [-0.39, 0.29) is 29.1 Å². The molecule has 2 rings (SSSR count). The molecule has 8 heteroatoms. The van der Waals surface area contributed by atoms with Crippen molar-refractivity contribution in [3.05, 3.63) is 40.3 Å². The summed E-state index contributed by atoms with van der Waals surface area (Å²) in [7, 11) is 3.27. The van der Waals surface area contributed by atoms with Crippen LogP contribution in [0.3, 0.4) is 0 Å². The van der Waals surface area contributed by atoms with Crippen molar-refractivity contribution in [2.45, 2.75) is 19.9 Å². The summed E-state index contributed by atoms with van der Waals surface area (Å²) in [5.41, 5.74) is -0.0785. The van der Waals surface area contributed by atoms with Crippen LogP contribution >= 0.6 is 0 Å². The molecule has 0 aliphatic rings. The number of carbonyl (C=O) groups excluding carboxylic acids is 1. The highest BCUT2D eigenvalue weighted by Gasteiger charge is 2.23. The maximum absolute atomic E-state index is 12.3. The zero-order valence-electron chi connectivity index (χ0n) is 12.4. The normalized spacial score (nSPS) is 12.4. The molecule has 0 aromatic carbocycles. The second-order valence-electron chi connectivity index (χ2n) is 5.12. The van der Waals surface area contributed by atoms with Crippen molar-refractivity contribution >= 4 is 5.91 Å². The predicted octanol–water partition coefficient (Wildman–Crippen LogP) is 0.0359. The Bertz CT molecular complexity index is 703. The van der Waals surface area contributed by atoms with E-state index >= 15 is 0 Å². The molecule has 1 atom stereocenters. The summed E-state index contributed by atoms with van der Waals surface area (Å²) in [5, 5.41) is 10.8. The molecule has 1 amide bonds. The largest absolute Gasteiger partial charge is 0.340 e. The summed E-state index contributed by atoms with van der Waals surface area (Å²) < 4.78 is 2.75. The minimum atomic E-state index is -0.354. The minimum Gasteiger partial charge on any atom is -0.340 e. The van der Waals surface area contributed by atoms with Gasteiger partial charge in [-0.2, -0.15) is 10.2 Å². The second-order valence-corrected chi connectivity index (χ2v) is 5.12. The van der Waals surface area contributed by atoms with Gasteiger partial charge in [0.1, 0.15) is 17.8 Å². The lowest BCUT2D eigenvalue weighted by atomic mass is 10.0. The van der Waals surface area contributed by atoms with Gasteiger partial charge in [-0.05, 0) is 12.0 Å². The molecule has 21 heavy (non-hydrogen) atoms. The van der Waals surface area contributed by atoms with E-state index in [0.29, 0.717) is 5.82 Å². The molecule has 0 radical (unpaired) electrons. The fourth-order valence-corrected chi connectivity index (χ4v) is 1.95.